The summed E-state index contributed by atoms with van der Waals surface area (Å²) in [7, 11) is 0. The van der Waals surface area contributed by atoms with E-state index in [0.29, 0.717) is 5.56 Å². The zero-order chi connectivity index (χ0) is 8.69. The molecule has 74 valence electrons. The van der Waals surface area contributed by atoms with Crippen LogP contribution in [0.1, 0.15) is 24.2 Å². The van der Waals surface area contributed by atoms with Crippen molar-refractivity contribution in [3.8, 4) is 0 Å². The van der Waals surface area contributed by atoms with Crippen LogP contribution in [0.5, 0.6) is 0 Å². The van der Waals surface area contributed by atoms with Crippen molar-refractivity contribution in [3.05, 3.63) is 43.3 Å². The number of benzene rings is 1. The van der Waals surface area contributed by atoms with Gasteiger partial charge in [-0.15, -0.1) is 0 Å². The molecule has 13 heavy (non-hydrogen) atoms. The van der Waals surface area contributed by atoms with E-state index < -0.39 is 5.97 Å². The van der Waals surface area contributed by atoms with Crippen LogP contribution >= 0.6 is 0 Å². The van der Waals surface area contributed by atoms with Gasteiger partial charge in [0.15, 0.2) is 0 Å². The fraction of sp³-hybridized carbons (Fsp3) is 0.200. The van der Waals surface area contributed by atoms with Crippen LogP contribution in [-0.4, -0.2) is 11.1 Å². The standard InChI is InChI=1S/C7H6O2.C2H6.CH3.W/c8-7(9)6-4-2-1-3-5-6;1-2;;/h1-5H,(H,8,9);1-2H3;1H3;/q;;-1;. The first-order valence-corrected chi connectivity index (χ1v) is 3.59. The molecule has 0 saturated carbocycles. The largest absolute Gasteiger partial charge is 0.478 e. The van der Waals surface area contributed by atoms with Gasteiger partial charge in [0.1, 0.15) is 0 Å². The smallest absolute Gasteiger partial charge is 0.335 e. The van der Waals surface area contributed by atoms with Crippen molar-refractivity contribution in [3.63, 3.8) is 0 Å². The number of aromatic carboxylic acids is 1. The quantitative estimate of drug-likeness (QED) is 0.791. The first kappa shape index (κ1) is 18.2. The second-order valence-electron chi connectivity index (χ2n) is 1.67. The summed E-state index contributed by atoms with van der Waals surface area (Å²) in [5.41, 5.74) is 0.331. The fourth-order valence-corrected chi connectivity index (χ4v) is 0.581. The fourth-order valence-electron chi connectivity index (χ4n) is 0.581. The van der Waals surface area contributed by atoms with Gasteiger partial charge in [-0.3, -0.25) is 0 Å². The Morgan fingerprint density at radius 2 is 1.54 bits per heavy atom. The van der Waals surface area contributed by atoms with E-state index in [-0.39, 0.29) is 28.5 Å². The van der Waals surface area contributed by atoms with E-state index in [1.165, 1.54) is 0 Å². The molecule has 1 rings (SSSR count). The molecule has 1 N–H and O–H groups in total. The Hall–Kier alpha value is -0.622. The van der Waals surface area contributed by atoms with Crippen molar-refractivity contribution >= 4 is 5.97 Å². The summed E-state index contributed by atoms with van der Waals surface area (Å²) in [6.07, 6.45) is 0. The van der Waals surface area contributed by atoms with Crippen LogP contribution in [0.2, 0.25) is 0 Å². The minimum atomic E-state index is -0.879. The average Bonchev–Trinajstić information content (AvgIpc) is 2.10. The number of hydrogen-bond acceptors (Lipinski definition) is 1. The predicted molar refractivity (Wildman–Crippen MR) is 51.2 cm³/mol. The van der Waals surface area contributed by atoms with Gasteiger partial charge in [-0.05, 0) is 12.1 Å². The average molecular weight is 351 g/mol. The SMILES string of the molecule is CC.O=C(O)c1ccccc1.[CH3-].[W]. The van der Waals surface area contributed by atoms with Gasteiger partial charge in [0, 0.05) is 21.1 Å². The molecule has 0 aliphatic heterocycles. The van der Waals surface area contributed by atoms with Crippen LogP contribution in [0.25, 0.3) is 0 Å². The molecule has 1 aromatic rings. The van der Waals surface area contributed by atoms with Crippen LogP contribution in [0.4, 0.5) is 0 Å². The van der Waals surface area contributed by atoms with E-state index >= 15 is 0 Å². The topological polar surface area (TPSA) is 37.3 Å². The molecule has 0 spiro atoms. The molecule has 0 fully saturated rings. The number of hydrogen-bond donors (Lipinski definition) is 1. The van der Waals surface area contributed by atoms with Crippen LogP contribution in [0.3, 0.4) is 0 Å². The molecule has 0 radical (unpaired) electrons. The Morgan fingerprint density at radius 1 is 1.15 bits per heavy atom. The third kappa shape index (κ3) is 7.73. The molecule has 0 unspecified atom stereocenters. The number of carbonyl (C=O) groups is 1. The summed E-state index contributed by atoms with van der Waals surface area (Å²) in [6, 6.07) is 8.30. The molecular weight excluding hydrogens is 336 g/mol. The minimum absolute atomic E-state index is 0. The third-order valence-electron chi connectivity index (χ3n) is 1.02. The van der Waals surface area contributed by atoms with Gasteiger partial charge in [-0.2, -0.15) is 0 Å². The Morgan fingerprint density at radius 3 is 1.77 bits per heavy atom. The van der Waals surface area contributed by atoms with Gasteiger partial charge in [0.2, 0.25) is 0 Å². The van der Waals surface area contributed by atoms with Gasteiger partial charge in [0.25, 0.3) is 0 Å². The van der Waals surface area contributed by atoms with E-state index in [4.69, 9.17) is 5.11 Å². The van der Waals surface area contributed by atoms with Crippen molar-refractivity contribution in [2.45, 2.75) is 13.8 Å². The van der Waals surface area contributed by atoms with Crippen molar-refractivity contribution in [1.82, 2.24) is 0 Å². The maximum Gasteiger partial charge on any atom is 0.335 e. The molecule has 0 aliphatic carbocycles. The van der Waals surface area contributed by atoms with Crippen molar-refractivity contribution in [2.75, 3.05) is 0 Å². The summed E-state index contributed by atoms with van der Waals surface area (Å²) in [6.45, 7) is 4.00. The summed E-state index contributed by atoms with van der Waals surface area (Å²) in [5.74, 6) is -0.879. The summed E-state index contributed by atoms with van der Waals surface area (Å²) >= 11 is 0. The van der Waals surface area contributed by atoms with Crippen LogP contribution < -0.4 is 0 Å². The van der Waals surface area contributed by atoms with Gasteiger partial charge in [0.05, 0.1) is 5.56 Å². The predicted octanol–water partition coefficient (Wildman–Crippen LogP) is 2.86. The van der Waals surface area contributed by atoms with Crippen LogP contribution in [0.15, 0.2) is 30.3 Å². The van der Waals surface area contributed by atoms with Gasteiger partial charge >= 0.3 is 5.97 Å². The Balaban J connectivity index is -0.000000234. The minimum Gasteiger partial charge on any atom is -0.478 e. The molecule has 0 aliphatic rings. The molecule has 0 aromatic heterocycles. The first-order valence-electron chi connectivity index (χ1n) is 3.59. The molecule has 3 heteroatoms. The second kappa shape index (κ2) is 11.4. The van der Waals surface area contributed by atoms with E-state index in [0.717, 1.165) is 0 Å². The second-order valence-corrected chi connectivity index (χ2v) is 1.67. The molecule has 0 atom stereocenters. The Labute approximate surface area is 94.2 Å². The summed E-state index contributed by atoms with van der Waals surface area (Å²) in [4.78, 5) is 10.2. The first-order chi connectivity index (χ1) is 5.30. The third-order valence-corrected chi connectivity index (χ3v) is 1.02. The Bertz CT molecular complexity index is 209. The van der Waals surface area contributed by atoms with Gasteiger partial charge in [-0.25, -0.2) is 4.79 Å². The maximum absolute atomic E-state index is 10.2. The summed E-state index contributed by atoms with van der Waals surface area (Å²) in [5, 5.41) is 8.38. The van der Waals surface area contributed by atoms with Gasteiger partial charge in [-0.1, -0.05) is 32.0 Å². The molecule has 2 nitrogen and oxygen atoms in total. The number of rotatable bonds is 1. The monoisotopic (exact) mass is 351 g/mol. The Kier molecular flexibility index (Phi) is 15.9. The molecule has 0 saturated heterocycles. The molecule has 0 amide bonds. The van der Waals surface area contributed by atoms with E-state index in [9.17, 15) is 4.79 Å². The zero-order valence-corrected chi connectivity index (χ0v) is 11.1. The van der Waals surface area contributed by atoms with Crippen LogP contribution in [0, 0.1) is 7.43 Å². The molecular formula is C10H15O2W-. The van der Waals surface area contributed by atoms with E-state index in [1.54, 1.807) is 30.3 Å². The summed E-state index contributed by atoms with van der Waals surface area (Å²) < 4.78 is 0. The zero-order valence-electron chi connectivity index (χ0n) is 8.15. The van der Waals surface area contributed by atoms with E-state index in [2.05, 4.69) is 0 Å². The van der Waals surface area contributed by atoms with Crippen molar-refractivity contribution < 1.29 is 31.0 Å². The molecule has 0 bridgehead atoms. The van der Waals surface area contributed by atoms with E-state index in [1.807, 2.05) is 13.8 Å². The normalized spacial score (nSPS) is 6.62. The molecule has 0 heterocycles. The maximum atomic E-state index is 10.2. The van der Waals surface area contributed by atoms with Crippen molar-refractivity contribution in [1.29, 1.82) is 0 Å². The number of carboxylic acid groups (broad SMARTS) is 1. The molecule has 1 aromatic carbocycles. The number of carboxylic acids is 1. The van der Waals surface area contributed by atoms with Crippen molar-refractivity contribution in [2.24, 2.45) is 0 Å². The van der Waals surface area contributed by atoms with Gasteiger partial charge < -0.3 is 12.5 Å². The van der Waals surface area contributed by atoms with Crippen LogP contribution in [-0.2, 0) is 21.1 Å².